The van der Waals surface area contributed by atoms with E-state index in [0.717, 1.165) is 5.92 Å². The first-order chi connectivity index (χ1) is 7.86. The Labute approximate surface area is 105 Å². The van der Waals surface area contributed by atoms with Gasteiger partial charge in [-0.15, -0.1) is 0 Å². The van der Waals surface area contributed by atoms with Crippen LogP contribution in [0, 0.1) is 17.8 Å². The summed E-state index contributed by atoms with van der Waals surface area (Å²) in [5, 5.41) is 0. The summed E-state index contributed by atoms with van der Waals surface area (Å²) in [4.78, 5) is 11.8. The highest BCUT2D eigenvalue weighted by atomic mass is 16.6. The van der Waals surface area contributed by atoms with Gasteiger partial charge in [0.05, 0.1) is 5.92 Å². The van der Waals surface area contributed by atoms with E-state index in [9.17, 15) is 4.79 Å². The number of hydrogen-bond donors (Lipinski definition) is 1. The largest absolute Gasteiger partial charge is 0.459 e. The Morgan fingerprint density at radius 3 is 2.35 bits per heavy atom. The van der Waals surface area contributed by atoms with Gasteiger partial charge in [0.2, 0.25) is 0 Å². The highest BCUT2D eigenvalue weighted by molar-refractivity contribution is 5.72. The molecule has 0 bridgehead atoms. The number of ether oxygens (including phenoxy) is 1. The molecule has 0 aromatic rings. The molecule has 3 nitrogen and oxygen atoms in total. The van der Waals surface area contributed by atoms with Gasteiger partial charge in [0.25, 0.3) is 0 Å². The zero-order chi connectivity index (χ0) is 13.1. The van der Waals surface area contributed by atoms with Crippen LogP contribution in [-0.2, 0) is 9.53 Å². The maximum absolute atomic E-state index is 11.8. The molecule has 1 saturated carbocycles. The Morgan fingerprint density at radius 2 is 1.88 bits per heavy atom. The van der Waals surface area contributed by atoms with Crippen molar-refractivity contribution < 1.29 is 9.53 Å². The minimum Gasteiger partial charge on any atom is -0.459 e. The van der Waals surface area contributed by atoms with Crippen LogP contribution in [0.3, 0.4) is 0 Å². The molecule has 1 atom stereocenters. The van der Waals surface area contributed by atoms with Crippen molar-refractivity contribution in [3.63, 3.8) is 0 Å². The van der Waals surface area contributed by atoms with Crippen molar-refractivity contribution in [1.82, 2.24) is 0 Å². The Hall–Kier alpha value is -0.570. The Balaban J connectivity index is 2.52. The molecule has 1 fully saturated rings. The van der Waals surface area contributed by atoms with Gasteiger partial charge in [0.1, 0.15) is 5.60 Å². The predicted molar refractivity (Wildman–Crippen MR) is 69.5 cm³/mol. The van der Waals surface area contributed by atoms with Crippen molar-refractivity contribution in [2.24, 2.45) is 23.5 Å². The fourth-order valence-corrected chi connectivity index (χ4v) is 2.49. The molecule has 1 aliphatic rings. The van der Waals surface area contributed by atoms with Gasteiger partial charge < -0.3 is 10.5 Å². The lowest BCUT2D eigenvalue weighted by Gasteiger charge is -2.38. The third-order valence-corrected chi connectivity index (χ3v) is 4.12. The third-order valence-electron chi connectivity index (χ3n) is 4.12. The van der Waals surface area contributed by atoms with E-state index in [1.54, 1.807) is 0 Å². The fourth-order valence-electron chi connectivity index (χ4n) is 2.49. The van der Waals surface area contributed by atoms with Gasteiger partial charge in [-0.2, -0.15) is 0 Å². The highest BCUT2D eigenvalue weighted by Crippen LogP contribution is 2.37. The zero-order valence-corrected chi connectivity index (χ0v) is 11.7. The molecule has 3 heteroatoms. The Kier molecular flexibility index (Phi) is 4.99. The average Bonchev–Trinajstić information content (AvgIpc) is 2.27. The minimum atomic E-state index is -0.347. The van der Waals surface area contributed by atoms with Gasteiger partial charge in [-0.1, -0.05) is 26.7 Å². The third kappa shape index (κ3) is 3.98. The van der Waals surface area contributed by atoms with E-state index >= 15 is 0 Å². The molecular weight excluding hydrogens is 214 g/mol. The van der Waals surface area contributed by atoms with E-state index in [4.69, 9.17) is 10.5 Å². The second-order valence-corrected chi connectivity index (χ2v) is 6.12. The monoisotopic (exact) mass is 241 g/mol. The number of nitrogens with two attached hydrogens (primary N) is 1. The molecule has 0 aromatic carbocycles. The van der Waals surface area contributed by atoms with Crippen LogP contribution in [0.2, 0.25) is 0 Å². The quantitative estimate of drug-likeness (QED) is 0.770. The summed E-state index contributed by atoms with van der Waals surface area (Å²) >= 11 is 0. The summed E-state index contributed by atoms with van der Waals surface area (Å²) in [7, 11) is 0. The van der Waals surface area contributed by atoms with Crippen LogP contribution >= 0.6 is 0 Å². The van der Waals surface area contributed by atoms with E-state index in [1.807, 2.05) is 20.8 Å². The summed E-state index contributed by atoms with van der Waals surface area (Å²) < 4.78 is 5.65. The first kappa shape index (κ1) is 14.5. The first-order valence-electron chi connectivity index (χ1n) is 6.79. The van der Waals surface area contributed by atoms with Crippen LogP contribution in [0.1, 0.15) is 53.4 Å². The minimum absolute atomic E-state index is 0.156. The maximum atomic E-state index is 11.8. The lowest BCUT2D eigenvalue weighted by molar-refractivity contribution is -0.167. The highest BCUT2D eigenvalue weighted by Gasteiger charge is 2.36. The average molecular weight is 241 g/mol. The predicted octanol–water partition coefficient (Wildman–Crippen LogP) is 2.73. The molecule has 0 radical (unpaired) electrons. The lowest BCUT2D eigenvalue weighted by Crippen LogP contribution is -2.40. The fraction of sp³-hybridized carbons (Fsp3) is 0.929. The Bertz CT molecular complexity index is 255. The summed E-state index contributed by atoms with van der Waals surface area (Å²) in [6, 6.07) is 0. The molecule has 0 spiro atoms. The number of esters is 1. The van der Waals surface area contributed by atoms with Gasteiger partial charge >= 0.3 is 5.97 Å². The van der Waals surface area contributed by atoms with E-state index in [0.29, 0.717) is 12.5 Å². The summed E-state index contributed by atoms with van der Waals surface area (Å²) in [6.45, 7) is 8.55. The smallest absolute Gasteiger partial charge is 0.310 e. The Morgan fingerprint density at radius 1 is 1.35 bits per heavy atom. The molecule has 1 rings (SSSR count). The normalized spacial score (nSPS) is 27.6. The molecule has 0 aromatic heterocycles. The van der Waals surface area contributed by atoms with Gasteiger partial charge in [-0.25, -0.2) is 0 Å². The van der Waals surface area contributed by atoms with E-state index in [-0.39, 0.29) is 17.5 Å². The number of carbonyl (C=O) groups is 1. The van der Waals surface area contributed by atoms with Gasteiger partial charge in [0.15, 0.2) is 0 Å². The molecule has 0 saturated heterocycles. The van der Waals surface area contributed by atoms with Crippen LogP contribution in [0.15, 0.2) is 0 Å². The first-order valence-corrected chi connectivity index (χ1v) is 6.79. The van der Waals surface area contributed by atoms with E-state index < -0.39 is 0 Å². The molecule has 1 unspecified atom stereocenters. The molecule has 1 aliphatic carbocycles. The molecule has 17 heavy (non-hydrogen) atoms. The molecule has 0 amide bonds. The van der Waals surface area contributed by atoms with Crippen molar-refractivity contribution in [2.45, 2.75) is 59.0 Å². The number of carbonyl (C=O) groups excluding carboxylic acids is 1. The second kappa shape index (κ2) is 5.85. The molecule has 0 aliphatic heterocycles. The SMILES string of the molecule is CC1CCC(C(C)(C)OC(=O)C(C)CN)CC1. The van der Waals surface area contributed by atoms with Crippen LogP contribution in [0.4, 0.5) is 0 Å². The van der Waals surface area contributed by atoms with Crippen molar-refractivity contribution in [3.05, 3.63) is 0 Å². The number of rotatable bonds is 4. The van der Waals surface area contributed by atoms with Crippen LogP contribution in [-0.4, -0.2) is 18.1 Å². The maximum Gasteiger partial charge on any atom is 0.310 e. The van der Waals surface area contributed by atoms with Crippen molar-refractivity contribution in [1.29, 1.82) is 0 Å². The van der Waals surface area contributed by atoms with Crippen LogP contribution < -0.4 is 5.73 Å². The standard InChI is InChI=1S/C14H27NO2/c1-10-5-7-12(8-6-10)14(3,4)17-13(16)11(2)9-15/h10-12H,5-9,15H2,1-4H3. The summed E-state index contributed by atoms with van der Waals surface area (Å²) in [5.41, 5.74) is 5.14. The van der Waals surface area contributed by atoms with Crippen molar-refractivity contribution >= 4 is 5.97 Å². The molecular formula is C14H27NO2. The van der Waals surface area contributed by atoms with E-state index in [2.05, 4.69) is 6.92 Å². The van der Waals surface area contributed by atoms with Crippen LogP contribution in [0.25, 0.3) is 0 Å². The molecule has 0 heterocycles. The summed E-state index contributed by atoms with van der Waals surface area (Å²) in [6.07, 6.45) is 4.83. The van der Waals surface area contributed by atoms with Gasteiger partial charge in [-0.3, -0.25) is 4.79 Å². The van der Waals surface area contributed by atoms with Crippen molar-refractivity contribution in [2.75, 3.05) is 6.54 Å². The van der Waals surface area contributed by atoms with Crippen molar-refractivity contribution in [3.8, 4) is 0 Å². The lowest BCUT2D eigenvalue weighted by atomic mass is 9.75. The van der Waals surface area contributed by atoms with Gasteiger partial charge in [0, 0.05) is 6.54 Å². The molecule has 2 N–H and O–H groups in total. The number of hydrogen-bond acceptors (Lipinski definition) is 3. The topological polar surface area (TPSA) is 52.3 Å². The zero-order valence-electron chi connectivity index (χ0n) is 11.7. The molecule has 100 valence electrons. The van der Waals surface area contributed by atoms with E-state index in [1.165, 1.54) is 25.7 Å². The van der Waals surface area contributed by atoms with Crippen LogP contribution in [0.5, 0.6) is 0 Å². The van der Waals surface area contributed by atoms with Gasteiger partial charge in [-0.05, 0) is 38.5 Å². The second-order valence-electron chi connectivity index (χ2n) is 6.12. The summed E-state index contributed by atoms with van der Waals surface area (Å²) in [5.74, 6) is 0.959.